The Labute approximate surface area is 196 Å². The predicted octanol–water partition coefficient (Wildman–Crippen LogP) is 4.20. The van der Waals surface area contributed by atoms with Crippen LogP contribution in [0.3, 0.4) is 0 Å². The van der Waals surface area contributed by atoms with Crippen LogP contribution >= 0.6 is 0 Å². The summed E-state index contributed by atoms with van der Waals surface area (Å²) in [5, 5.41) is 4.48. The van der Waals surface area contributed by atoms with Gasteiger partial charge in [0.1, 0.15) is 5.82 Å². The highest BCUT2D eigenvalue weighted by atomic mass is 32.2. The van der Waals surface area contributed by atoms with E-state index in [1.165, 1.54) is 0 Å². The minimum absolute atomic E-state index is 0.341. The van der Waals surface area contributed by atoms with Crippen molar-refractivity contribution in [2.75, 3.05) is 37.4 Å². The van der Waals surface area contributed by atoms with Crippen LogP contribution in [0, 0.1) is 18.8 Å². The van der Waals surface area contributed by atoms with Gasteiger partial charge in [-0.25, -0.2) is 18.1 Å². The van der Waals surface area contributed by atoms with Crippen LogP contribution < -0.4 is 14.9 Å². The molecule has 33 heavy (non-hydrogen) atoms. The third-order valence-electron chi connectivity index (χ3n) is 6.38. The molecule has 0 atom stereocenters. The van der Waals surface area contributed by atoms with Crippen LogP contribution in [-0.2, 0) is 10.0 Å². The van der Waals surface area contributed by atoms with Crippen molar-refractivity contribution in [1.29, 1.82) is 0 Å². The molecule has 2 aromatic carbocycles. The van der Waals surface area contributed by atoms with Gasteiger partial charge < -0.3 is 10.2 Å². The molecule has 1 aliphatic rings. The maximum atomic E-state index is 12.6. The number of fused-ring (bicyclic) bond motifs is 1. The van der Waals surface area contributed by atoms with Gasteiger partial charge in [-0.05, 0) is 74.3 Å². The van der Waals surface area contributed by atoms with Gasteiger partial charge in [0.2, 0.25) is 16.0 Å². The predicted molar refractivity (Wildman–Crippen MR) is 134 cm³/mol. The number of hydrogen-bond donors (Lipinski definition) is 2. The number of aromatic nitrogens is 2. The van der Waals surface area contributed by atoms with Gasteiger partial charge in [-0.3, -0.25) is 0 Å². The summed E-state index contributed by atoms with van der Waals surface area (Å²) >= 11 is 0. The third kappa shape index (κ3) is 5.81. The molecule has 1 heterocycles. The lowest BCUT2D eigenvalue weighted by Crippen LogP contribution is -2.32. The summed E-state index contributed by atoms with van der Waals surface area (Å²) in [6, 6.07) is 15.1. The van der Waals surface area contributed by atoms with Crippen molar-refractivity contribution in [3.63, 3.8) is 0 Å². The molecule has 8 heteroatoms. The van der Waals surface area contributed by atoms with Gasteiger partial charge in [-0.15, -0.1) is 0 Å². The SMILES string of the molecule is Cc1cccc(S(=O)(=O)NCC2CCC(CNc3nc(N(C)C)c4ccccc4n3)CC2)c1. The van der Waals surface area contributed by atoms with Gasteiger partial charge in [0, 0.05) is 32.6 Å². The van der Waals surface area contributed by atoms with E-state index in [2.05, 4.69) is 15.0 Å². The highest BCUT2D eigenvalue weighted by Crippen LogP contribution is 2.29. The van der Waals surface area contributed by atoms with Crippen LogP contribution in [0.25, 0.3) is 10.9 Å². The first-order valence-corrected chi connectivity index (χ1v) is 13.0. The number of hydrogen-bond acceptors (Lipinski definition) is 6. The molecule has 1 aromatic heterocycles. The Kier molecular flexibility index (Phi) is 7.14. The number of anilines is 2. The van der Waals surface area contributed by atoms with Crippen molar-refractivity contribution >= 4 is 32.7 Å². The summed E-state index contributed by atoms with van der Waals surface area (Å²) in [4.78, 5) is 11.8. The highest BCUT2D eigenvalue weighted by Gasteiger charge is 2.23. The van der Waals surface area contributed by atoms with Crippen molar-refractivity contribution in [3.8, 4) is 0 Å². The Hall–Kier alpha value is -2.71. The Bertz CT molecular complexity index is 1200. The number of aryl methyl sites for hydroxylation is 1. The van der Waals surface area contributed by atoms with Gasteiger partial charge in [0.25, 0.3) is 0 Å². The fourth-order valence-corrected chi connectivity index (χ4v) is 5.67. The van der Waals surface area contributed by atoms with Crippen molar-refractivity contribution in [2.24, 2.45) is 11.8 Å². The average Bonchev–Trinajstić information content (AvgIpc) is 2.81. The minimum Gasteiger partial charge on any atom is -0.362 e. The number of para-hydroxylation sites is 1. The molecule has 1 saturated carbocycles. The quantitative estimate of drug-likeness (QED) is 0.516. The molecule has 0 spiro atoms. The highest BCUT2D eigenvalue weighted by molar-refractivity contribution is 7.89. The van der Waals surface area contributed by atoms with E-state index in [1.54, 1.807) is 18.2 Å². The molecule has 1 fully saturated rings. The second-order valence-corrected chi connectivity index (χ2v) is 11.0. The Morgan fingerprint density at radius 3 is 2.33 bits per heavy atom. The molecule has 176 valence electrons. The average molecular weight is 468 g/mol. The molecule has 0 amide bonds. The summed E-state index contributed by atoms with van der Waals surface area (Å²) in [6.07, 6.45) is 4.17. The summed E-state index contributed by atoms with van der Waals surface area (Å²) in [5.41, 5.74) is 1.88. The Balaban J connectivity index is 1.29. The van der Waals surface area contributed by atoms with Gasteiger partial charge in [0.05, 0.1) is 10.4 Å². The first-order chi connectivity index (χ1) is 15.8. The van der Waals surface area contributed by atoms with Crippen LogP contribution in [0.15, 0.2) is 53.4 Å². The van der Waals surface area contributed by atoms with Crippen LogP contribution in [-0.4, -0.2) is 45.6 Å². The maximum absolute atomic E-state index is 12.6. The van der Waals surface area contributed by atoms with Crippen molar-refractivity contribution in [1.82, 2.24) is 14.7 Å². The number of rotatable bonds is 8. The van der Waals surface area contributed by atoms with Crippen LogP contribution in [0.1, 0.15) is 31.2 Å². The van der Waals surface area contributed by atoms with Crippen LogP contribution in [0.4, 0.5) is 11.8 Å². The zero-order chi connectivity index (χ0) is 23.4. The largest absolute Gasteiger partial charge is 0.362 e. The zero-order valence-corrected chi connectivity index (χ0v) is 20.4. The summed E-state index contributed by atoms with van der Waals surface area (Å²) < 4.78 is 28.0. The van der Waals surface area contributed by atoms with Crippen LogP contribution in [0.2, 0.25) is 0 Å². The van der Waals surface area contributed by atoms with E-state index in [0.717, 1.165) is 54.5 Å². The molecule has 0 aliphatic heterocycles. The molecule has 0 saturated heterocycles. The molecule has 2 N–H and O–H groups in total. The molecule has 1 aliphatic carbocycles. The maximum Gasteiger partial charge on any atom is 0.240 e. The van der Waals surface area contributed by atoms with Gasteiger partial charge in [0.15, 0.2) is 0 Å². The molecule has 0 bridgehead atoms. The zero-order valence-electron chi connectivity index (χ0n) is 19.6. The molecule has 7 nitrogen and oxygen atoms in total. The Morgan fingerprint density at radius 1 is 0.939 bits per heavy atom. The molecule has 4 rings (SSSR count). The molecular weight excluding hydrogens is 434 g/mol. The number of benzene rings is 2. The molecule has 0 unspecified atom stereocenters. The Morgan fingerprint density at radius 2 is 1.64 bits per heavy atom. The lowest BCUT2D eigenvalue weighted by atomic mass is 9.82. The normalized spacial score (nSPS) is 18.9. The second kappa shape index (κ2) is 10.1. The second-order valence-electron chi connectivity index (χ2n) is 9.22. The van der Waals surface area contributed by atoms with E-state index in [1.807, 2.05) is 56.3 Å². The lowest BCUT2D eigenvalue weighted by Gasteiger charge is -2.28. The van der Waals surface area contributed by atoms with E-state index < -0.39 is 10.0 Å². The number of sulfonamides is 1. The minimum atomic E-state index is -3.45. The third-order valence-corrected chi connectivity index (χ3v) is 7.81. The standard InChI is InChI=1S/C25H33N5O2S/c1-18-7-6-8-21(15-18)33(31,32)27-17-20-13-11-19(12-14-20)16-26-25-28-23-10-5-4-9-22(23)24(29-25)30(2)3/h4-10,15,19-20,27H,11-14,16-17H2,1-3H3,(H,26,28,29). The monoisotopic (exact) mass is 467 g/mol. The smallest absolute Gasteiger partial charge is 0.240 e. The summed E-state index contributed by atoms with van der Waals surface area (Å²) in [7, 11) is 0.532. The van der Waals surface area contributed by atoms with E-state index in [-0.39, 0.29) is 0 Å². The van der Waals surface area contributed by atoms with Crippen LogP contribution in [0.5, 0.6) is 0 Å². The van der Waals surface area contributed by atoms with E-state index in [9.17, 15) is 8.42 Å². The first kappa shape index (κ1) is 23.4. The van der Waals surface area contributed by atoms with Crippen molar-refractivity contribution in [2.45, 2.75) is 37.5 Å². The molecule has 0 radical (unpaired) electrons. The van der Waals surface area contributed by atoms with Gasteiger partial charge in [-0.2, -0.15) is 4.98 Å². The number of nitrogens with zero attached hydrogens (tertiary/aromatic N) is 3. The number of nitrogens with one attached hydrogen (secondary N) is 2. The van der Waals surface area contributed by atoms with E-state index >= 15 is 0 Å². The van der Waals surface area contributed by atoms with E-state index in [0.29, 0.717) is 29.2 Å². The topological polar surface area (TPSA) is 87.2 Å². The fraction of sp³-hybridized carbons (Fsp3) is 0.440. The molecular formula is C25H33N5O2S. The van der Waals surface area contributed by atoms with E-state index in [4.69, 9.17) is 4.98 Å². The fourth-order valence-electron chi connectivity index (χ4n) is 4.45. The van der Waals surface area contributed by atoms with Crippen molar-refractivity contribution in [3.05, 3.63) is 54.1 Å². The first-order valence-electron chi connectivity index (χ1n) is 11.6. The van der Waals surface area contributed by atoms with Gasteiger partial charge in [-0.1, -0.05) is 24.3 Å². The van der Waals surface area contributed by atoms with Gasteiger partial charge >= 0.3 is 0 Å². The summed E-state index contributed by atoms with van der Waals surface area (Å²) in [5.74, 6) is 2.48. The van der Waals surface area contributed by atoms with Crippen molar-refractivity contribution < 1.29 is 8.42 Å². The lowest BCUT2D eigenvalue weighted by molar-refractivity contribution is 0.284. The molecule has 3 aromatic rings. The summed E-state index contributed by atoms with van der Waals surface area (Å²) in [6.45, 7) is 3.22.